The molecule has 0 aromatic heterocycles. The van der Waals surface area contributed by atoms with Crippen LogP contribution in [-0.4, -0.2) is 38.1 Å². The van der Waals surface area contributed by atoms with Crippen molar-refractivity contribution in [1.29, 1.82) is 0 Å². The summed E-state index contributed by atoms with van der Waals surface area (Å²) in [5.41, 5.74) is 0.801. The van der Waals surface area contributed by atoms with Crippen LogP contribution in [0.1, 0.15) is 5.56 Å². The number of benzene rings is 1. The highest BCUT2D eigenvalue weighted by Crippen LogP contribution is 2.24. The quantitative estimate of drug-likeness (QED) is 0.684. The molecule has 0 atom stereocenters. The van der Waals surface area contributed by atoms with E-state index in [4.69, 9.17) is 9.47 Å². The van der Waals surface area contributed by atoms with E-state index in [0.29, 0.717) is 24.6 Å². The molecule has 4 heteroatoms. The van der Waals surface area contributed by atoms with Gasteiger partial charge in [-0.05, 0) is 18.2 Å². The van der Waals surface area contributed by atoms with Gasteiger partial charge in [0, 0.05) is 18.7 Å². The van der Waals surface area contributed by atoms with Crippen LogP contribution >= 0.6 is 0 Å². The van der Waals surface area contributed by atoms with Crippen LogP contribution in [-0.2, 0) is 11.2 Å². The van der Waals surface area contributed by atoms with E-state index in [0.717, 1.165) is 5.56 Å². The van der Waals surface area contributed by atoms with Gasteiger partial charge >= 0.3 is 0 Å². The van der Waals surface area contributed by atoms with Crippen molar-refractivity contribution in [3.8, 4) is 11.5 Å². The topological polar surface area (TPSA) is 38.8 Å². The molecule has 0 N–H and O–H groups in total. The predicted octanol–water partition coefficient (Wildman–Crippen LogP) is 2.45. The maximum Gasteiger partial charge on any atom is 0.227 e. The minimum absolute atomic E-state index is 0.00338. The monoisotopic (exact) mass is 275 g/mol. The van der Waals surface area contributed by atoms with Gasteiger partial charge in [-0.3, -0.25) is 4.79 Å². The predicted molar refractivity (Wildman–Crippen MR) is 80.2 cm³/mol. The Bertz CT molecular complexity index is 473. The Morgan fingerprint density at radius 3 is 2.35 bits per heavy atom. The average Bonchev–Trinajstić information content (AvgIpc) is 2.46. The van der Waals surface area contributed by atoms with Crippen LogP contribution < -0.4 is 9.47 Å². The highest BCUT2D eigenvalue weighted by Gasteiger charge is 2.15. The maximum atomic E-state index is 12.3. The zero-order chi connectivity index (χ0) is 15.0. The Balaban J connectivity index is 2.91. The smallest absolute Gasteiger partial charge is 0.227 e. The van der Waals surface area contributed by atoms with Crippen molar-refractivity contribution in [1.82, 2.24) is 4.90 Å². The largest absolute Gasteiger partial charge is 0.497 e. The molecule has 0 aliphatic rings. The van der Waals surface area contributed by atoms with Crippen LogP contribution in [0.25, 0.3) is 0 Å². The van der Waals surface area contributed by atoms with Crippen molar-refractivity contribution in [2.45, 2.75) is 6.42 Å². The highest BCUT2D eigenvalue weighted by atomic mass is 16.5. The van der Waals surface area contributed by atoms with Crippen molar-refractivity contribution < 1.29 is 14.3 Å². The minimum atomic E-state index is -0.00338. The van der Waals surface area contributed by atoms with Gasteiger partial charge in [-0.1, -0.05) is 12.2 Å². The summed E-state index contributed by atoms with van der Waals surface area (Å²) < 4.78 is 10.5. The fourth-order valence-electron chi connectivity index (χ4n) is 1.88. The summed E-state index contributed by atoms with van der Waals surface area (Å²) in [6, 6.07) is 5.42. The second kappa shape index (κ2) is 8.04. The third-order valence-electron chi connectivity index (χ3n) is 2.88. The van der Waals surface area contributed by atoms with E-state index in [-0.39, 0.29) is 12.3 Å². The Labute approximate surface area is 120 Å². The Hall–Kier alpha value is -2.23. The third-order valence-corrected chi connectivity index (χ3v) is 2.88. The zero-order valence-electron chi connectivity index (χ0n) is 12.1. The first-order valence-corrected chi connectivity index (χ1v) is 6.36. The minimum Gasteiger partial charge on any atom is -0.497 e. The number of nitrogens with zero attached hydrogens (tertiary/aromatic N) is 1. The molecule has 0 saturated heterocycles. The Morgan fingerprint density at radius 2 is 1.85 bits per heavy atom. The zero-order valence-corrected chi connectivity index (χ0v) is 12.1. The lowest BCUT2D eigenvalue weighted by atomic mass is 10.1. The first-order chi connectivity index (χ1) is 9.65. The molecule has 0 radical (unpaired) electrons. The molecule has 4 nitrogen and oxygen atoms in total. The maximum absolute atomic E-state index is 12.3. The van der Waals surface area contributed by atoms with Crippen LogP contribution in [0.4, 0.5) is 0 Å². The second-order valence-electron chi connectivity index (χ2n) is 4.23. The molecule has 0 saturated carbocycles. The lowest BCUT2D eigenvalue weighted by molar-refractivity contribution is -0.129. The Kier molecular flexibility index (Phi) is 6.37. The van der Waals surface area contributed by atoms with E-state index in [2.05, 4.69) is 13.2 Å². The third kappa shape index (κ3) is 4.16. The second-order valence-corrected chi connectivity index (χ2v) is 4.23. The highest BCUT2D eigenvalue weighted by molar-refractivity contribution is 5.80. The summed E-state index contributed by atoms with van der Waals surface area (Å²) >= 11 is 0. The molecular formula is C16H21NO3. The van der Waals surface area contributed by atoms with Crippen LogP contribution in [0.15, 0.2) is 43.5 Å². The fraction of sp³-hybridized carbons (Fsp3) is 0.312. The van der Waals surface area contributed by atoms with Crippen molar-refractivity contribution in [2.24, 2.45) is 0 Å². The normalized spacial score (nSPS) is 9.70. The van der Waals surface area contributed by atoms with E-state index < -0.39 is 0 Å². The molecule has 1 rings (SSSR count). The van der Waals surface area contributed by atoms with E-state index in [1.807, 2.05) is 6.07 Å². The first-order valence-electron chi connectivity index (χ1n) is 6.36. The number of hydrogen-bond acceptors (Lipinski definition) is 3. The molecule has 0 spiro atoms. The summed E-state index contributed by atoms with van der Waals surface area (Å²) in [5, 5.41) is 0. The van der Waals surface area contributed by atoms with Gasteiger partial charge in [0.15, 0.2) is 0 Å². The summed E-state index contributed by atoms with van der Waals surface area (Å²) in [4.78, 5) is 14.0. The summed E-state index contributed by atoms with van der Waals surface area (Å²) in [5.74, 6) is 1.38. The van der Waals surface area contributed by atoms with Crippen molar-refractivity contribution >= 4 is 5.91 Å². The SMILES string of the molecule is C=CCN(CC=C)C(=O)Cc1cc(OC)ccc1OC. The number of ether oxygens (including phenoxy) is 2. The van der Waals surface area contributed by atoms with Gasteiger partial charge in [-0.15, -0.1) is 13.2 Å². The van der Waals surface area contributed by atoms with Gasteiger partial charge in [0.05, 0.1) is 20.6 Å². The number of carbonyl (C=O) groups excluding carboxylic acids is 1. The van der Waals surface area contributed by atoms with Crippen molar-refractivity contribution in [2.75, 3.05) is 27.3 Å². The Morgan fingerprint density at radius 1 is 1.20 bits per heavy atom. The van der Waals surface area contributed by atoms with Crippen LogP contribution in [0.2, 0.25) is 0 Å². The van der Waals surface area contributed by atoms with Crippen molar-refractivity contribution in [3.05, 3.63) is 49.1 Å². The van der Waals surface area contributed by atoms with Gasteiger partial charge in [-0.25, -0.2) is 0 Å². The van der Waals surface area contributed by atoms with Crippen LogP contribution in [0, 0.1) is 0 Å². The van der Waals surface area contributed by atoms with Gasteiger partial charge in [0.1, 0.15) is 11.5 Å². The number of amides is 1. The number of rotatable bonds is 8. The molecule has 0 unspecified atom stereocenters. The van der Waals surface area contributed by atoms with Gasteiger partial charge < -0.3 is 14.4 Å². The van der Waals surface area contributed by atoms with E-state index in [1.54, 1.807) is 43.4 Å². The van der Waals surface area contributed by atoms with E-state index >= 15 is 0 Å². The van der Waals surface area contributed by atoms with Gasteiger partial charge in [0.25, 0.3) is 0 Å². The number of hydrogen-bond donors (Lipinski definition) is 0. The van der Waals surface area contributed by atoms with E-state index in [1.165, 1.54) is 0 Å². The summed E-state index contributed by atoms with van der Waals surface area (Å²) in [6.45, 7) is 8.32. The van der Waals surface area contributed by atoms with E-state index in [9.17, 15) is 4.79 Å². The molecule has 0 fully saturated rings. The number of methoxy groups -OCH3 is 2. The summed E-state index contributed by atoms with van der Waals surface area (Å²) in [7, 11) is 3.18. The van der Waals surface area contributed by atoms with Gasteiger partial charge in [0.2, 0.25) is 5.91 Å². The molecule has 0 aliphatic heterocycles. The molecule has 1 amide bonds. The molecule has 0 aliphatic carbocycles. The lowest BCUT2D eigenvalue weighted by Crippen LogP contribution is -2.32. The molecule has 20 heavy (non-hydrogen) atoms. The molecule has 0 bridgehead atoms. The standard InChI is InChI=1S/C16H21NO3/c1-5-9-17(10-6-2)16(18)12-13-11-14(19-3)7-8-15(13)20-4/h5-8,11H,1-2,9-10,12H2,3-4H3. The molecule has 1 aromatic rings. The number of carbonyl (C=O) groups is 1. The van der Waals surface area contributed by atoms with Crippen LogP contribution in [0.5, 0.6) is 11.5 Å². The van der Waals surface area contributed by atoms with Crippen molar-refractivity contribution in [3.63, 3.8) is 0 Å². The molecule has 0 heterocycles. The van der Waals surface area contributed by atoms with Gasteiger partial charge in [-0.2, -0.15) is 0 Å². The average molecular weight is 275 g/mol. The first kappa shape index (κ1) is 15.8. The molecular weight excluding hydrogens is 254 g/mol. The summed E-state index contributed by atoms with van der Waals surface area (Å²) in [6.07, 6.45) is 3.65. The molecule has 1 aromatic carbocycles. The lowest BCUT2D eigenvalue weighted by Gasteiger charge is -2.20. The molecule has 108 valence electrons. The fourth-order valence-corrected chi connectivity index (χ4v) is 1.88. The van der Waals surface area contributed by atoms with Crippen LogP contribution in [0.3, 0.4) is 0 Å².